The van der Waals surface area contributed by atoms with Crippen LogP contribution >= 0.6 is 0 Å². The summed E-state index contributed by atoms with van der Waals surface area (Å²) in [6.07, 6.45) is 0.121. The summed E-state index contributed by atoms with van der Waals surface area (Å²) in [5.74, 6) is -1.76. The molecule has 1 aliphatic carbocycles. The monoisotopic (exact) mass is 480 g/mol. The maximum Gasteiger partial charge on any atom is 0.407 e. The first-order chi connectivity index (χ1) is 16.7. The molecule has 1 unspecified atom stereocenters. The van der Waals surface area contributed by atoms with E-state index in [9.17, 15) is 24.6 Å². The summed E-state index contributed by atoms with van der Waals surface area (Å²) in [6, 6.07) is 15.2. The summed E-state index contributed by atoms with van der Waals surface area (Å²) in [5, 5.41) is 22.4. The Morgan fingerprint density at radius 1 is 1.09 bits per heavy atom. The van der Waals surface area contributed by atoms with Crippen LogP contribution < -0.4 is 5.32 Å². The van der Waals surface area contributed by atoms with Crippen LogP contribution in [-0.2, 0) is 14.3 Å². The lowest BCUT2D eigenvalue weighted by molar-refractivity contribution is -0.167. The SMILES string of the molecule is CC(C)C[C@H](NC(=O)OCC1c2ccccc2-c2ccccc21)C(=O)N1CCCC(O)(C(=O)O)C1. The van der Waals surface area contributed by atoms with Gasteiger partial charge in [0.25, 0.3) is 0 Å². The zero-order valence-electron chi connectivity index (χ0n) is 20.1. The van der Waals surface area contributed by atoms with Crippen molar-refractivity contribution in [3.63, 3.8) is 0 Å². The lowest BCUT2D eigenvalue weighted by Crippen LogP contribution is -2.58. The van der Waals surface area contributed by atoms with Gasteiger partial charge in [0.1, 0.15) is 12.6 Å². The van der Waals surface area contributed by atoms with Gasteiger partial charge in [-0.2, -0.15) is 0 Å². The fraction of sp³-hybridized carbons (Fsp3) is 0.444. The van der Waals surface area contributed by atoms with Crippen molar-refractivity contribution in [2.24, 2.45) is 5.92 Å². The van der Waals surface area contributed by atoms with Crippen molar-refractivity contribution in [2.75, 3.05) is 19.7 Å². The van der Waals surface area contributed by atoms with Crippen LogP contribution in [0.5, 0.6) is 0 Å². The Labute approximate surface area is 204 Å². The number of carbonyl (C=O) groups excluding carboxylic acids is 2. The highest BCUT2D eigenvalue weighted by Gasteiger charge is 2.43. The molecule has 186 valence electrons. The summed E-state index contributed by atoms with van der Waals surface area (Å²) in [4.78, 5) is 38.8. The minimum Gasteiger partial charge on any atom is -0.479 e. The van der Waals surface area contributed by atoms with Crippen molar-refractivity contribution in [2.45, 2.75) is 50.7 Å². The van der Waals surface area contributed by atoms with E-state index in [0.29, 0.717) is 19.4 Å². The lowest BCUT2D eigenvalue weighted by atomic mass is 9.92. The van der Waals surface area contributed by atoms with Crippen molar-refractivity contribution in [3.8, 4) is 11.1 Å². The van der Waals surface area contributed by atoms with E-state index >= 15 is 0 Å². The van der Waals surface area contributed by atoms with E-state index in [0.717, 1.165) is 22.3 Å². The Morgan fingerprint density at radius 3 is 2.26 bits per heavy atom. The van der Waals surface area contributed by atoms with Gasteiger partial charge < -0.3 is 25.2 Å². The Balaban J connectivity index is 1.43. The molecular formula is C27H32N2O6. The largest absolute Gasteiger partial charge is 0.479 e. The number of fused-ring (bicyclic) bond motifs is 3. The second kappa shape index (κ2) is 10.1. The van der Waals surface area contributed by atoms with Crippen LogP contribution in [0.4, 0.5) is 4.79 Å². The number of ether oxygens (including phenoxy) is 1. The van der Waals surface area contributed by atoms with E-state index in [1.807, 2.05) is 50.2 Å². The first-order valence-corrected chi connectivity index (χ1v) is 12.1. The number of benzene rings is 2. The van der Waals surface area contributed by atoms with Crippen LogP contribution in [0.3, 0.4) is 0 Å². The van der Waals surface area contributed by atoms with Crippen molar-refractivity contribution in [1.29, 1.82) is 0 Å². The van der Waals surface area contributed by atoms with Gasteiger partial charge in [0.05, 0.1) is 6.54 Å². The third kappa shape index (κ3) is 5.17. The molecule has 4 rings (SSSR count). The van der Waals surface area contributed by atoms with Gasteiger partial charge in [-0.15, -0.1) is 0 Å². The molecule has 1 aliphatic heterocycles. The van der Waals surface area contributed by atoms with Gasteiger partial charge >= 0.3 is 12.1 Å². The van der Waals surface area contributed by atoms with Gasteiger partial charge in [-0.1, -0.05) is 62.4 Å². The topological polar surface area (TPSA) is 116 Å². The van der Waals surface area contributed by atoms with Crippen LogP contribution in [0.1, 0.15) is 50.2 Å². The van der Waals surface area contributed by atoms with Crippen LogP contribution in [0.15, 0.2) is 48.5 Å². The molecular weight excluding hydrogens is 448 g/mol. The first-order valence-electron chi connectivity index (χ1n) is 12.1. The van der Waals surface area contributed by atoms with Crippen LogP contribution in [0.25, 0.3) is 11.1 Å². The average molecular weight is 481 g/mol. The van der Waals surface area contributed by atoms with Gasteiger partial charge in [-0.25, -0.2) is 9.59 Å². The quantitative estimate of drug-likeness (QED) is 0.560. The molecule has 8 heteroatoms. The van der Waals surface area contributed by atoms with Crippen LogP contribution in [0.2, 0.25) is 0 Å². The summed E-state index contributed by atoms with van der Waals surface area (Å²) in [5.41, 5.74) is 2.47. The molecule has 2 aliphatic rings. The number of alkyl carbamates (subject to hydrolysis) is 1. The molecule has 2 atom stereocenters. The van der Waals surface area contributed by atoms with Crippen molar-refractivity contribution >= 4 is 18.0 Å². The highest BCUT2D eigenvalue weighted by Crippen LogP contribution is 2.44. The predicted octanol–water partition coefficient (Wildman–Crippen LogP) is 3.38. The molecule has 0 radical (unpaired) electrons. The number of nitrogens with one attached hydrogen (secondary N) is 1. The highest BCUT2D eigenvalue weighted by molar-refractivity contribution is 5.87. The van der Waals surface area contributed by atoms with Crippen LogP contribution in [0, 0.1) is 5.92 Å². The van der Waals surface area contributed by atoms with E-state index < -0.39 is 29.6 Å². The number of carboxylic acid groups (broad SMARTS) is 1. The Kier molecular flexibility index (Phi) is 7.12. The fourth-order valence-corrected chi connectivity index (χ4v) is 5.09. The molecule has 0 saturated carbocycles. The second-order valence-electron chi connectivity index (χ2n) is 9.85. The number of aliphatic hydroxyl groups is 1. The van der Waals surface area contributed by atoms with E-state index in [-0.39, 0.29) is 31.4 Å². The number of hydrogen-bond donors (Lipinski definition) is 3. The average Bonchev–Trinajstić information content (AvgIpc) is 3.15. The predicted molar refractivity (Wildman–Crippen MR) is 130 cm³/mol. The normalized spacial score (nSPS) is 20.2. The fourth-order valence-electron chi connectivity index (χ4n) is 5.09. The standard InChI is InChI=1S/C27H32N2O6/c1-17(2)14-23(24(30)29-13-7-12-27(34,16-29)25(31)32)28-26(33)35-15-22-20-10-5-3-8-18(20)19-9-4-6-11-21(19)22/h3-6,8-11,17,22-23,34H,7,12-16H2,1-2H3,(H,28,33)(H,31,32)/t23-,27?/m0/s1. The minimum absolute atomic E-state index is 0.0841. The maximum absolute atomic E-state index is 13.2. The number of carbonyl (C=O) groups is 3. The lowest BCUT2D eigenvalue weighted by Gasteiger charge is -2.38. The number of piperidine rings is 1. The van der Waals surface area contributed by atoms with Gasteiger partial charge in [0.15, 0.2) is 5.60 Å². The Bertz CT molecular complexity index is 1070. The van der Waals surface area contributed by atoms with Gasteiger partial charge in [0.2, 0.25) is 5.91 Å². The third-order valence-electron chi connectivity index (χ3n) is 6.82. The summed E-state index contributed by atoms with van der Waals surface area (Å²) in [6.45, 7) is 4.02. The van der Waals surface area contributed by atoms with E-state index in [4.69, 9.17) is 4.74 Å². The van der Waals surface area contributed by atoms with Gasteiger partial charge in [-0.05, 0) is 47.4 Å². The molecule has 1 fully saturated rings. The second-order valence-corrected chi connectivity index (χ2v) is 9.85. The molecule has 2 amide bonds. The van der Waals surface area contributed by atoms with Crippen molar-refractivity contribution < 1.29 is 29.3 Å². The van der Waals surface area contributed by atoms with Crippen molar-refractivity contribution in [1.82, 2.24) is 10.2 Å². The summed E-state index contributed by atoms with van der Waals surface area (Å²) < 4.78 is 5.60. The number of likely N-dealkylation sites (tertiary alicyclic amines) is 1. The highest BCUT2D eigenvalue weighted by atomic mass is 16.5. The molecule has 0 bridgehead atoms. The smallest absolute Gasteiger partial charge is 0.407 e. The minimum atomic E-state index is -1.97. The Hall–Kier alpha value is -3.39. The molecule has 0 aromatic heterocycles. The van der Waals surface area contributed by atoms with Crippen molar-refractivity contribution in [3.05, 3.63) is 59.7 Å². The number of nitrogens with zero attached hydrogens (tertiary/aromatic N) is 1. The number of hydrogen-bond acceptors (Lipinski definition) is 5. The zero-order chi connectivity index (χ0) is 25.2. The molecule has 1 saturated heterocycles. The molecule has 35 heavy (non-hydrogen) atoms. The zero-order valence-corrected chi connectivity index (χ0v) is 20.1. The van der Waals surface area contributed by atoms with E-state index in [1.54, 1.807) is 0 Å². The summed E-state index contributed by atoms with van der Waals surface area (Å²) >= 11 is 0. The molecule has 3 N–H and O–H groups in total. The maximum atomic E-state index is 13.2. The number of β-amino-alcohol motifs (C(OH)–C–C–N with tert-alkyl or cyclic N) is 1. The van der Waals surface area contributed by atoms with Gasteiger partial charge in [0, 0.05) is 12.5 Å². The Morgan fingerprint density at radius 2 is 1.69 bits per heavy atom. The molecule has 0 spiro atoms. The molecule has 1 heterocycles. The number of aliphatic carboxylic acids is 1. The third-order valence-corrected chi connectivity index (χ3v) is 6.82. The molecule has 2 aromatic rings. The number of amides is 2. The van der Waals surface area contributed by atoms with E-state index in [1.165, 1.54) is 4.90 Å². The molecule has 2 aromatic carbocycles. The number of rotatable bonds is 7. The number of carboxylic acids is 1. The molecule has 8 nitrogen and oxygen atoms in total. The van der Waals surface area contributed by atoms with Gasteiger partial charge in [-0.3, -0.25) is 4.79 Å². The van der Waals surface area contributed by atoms with E-state index in [2.05, 4.69) is 17.4 Å². The summed E-state index contributed by atoms with van der Waals surface area (Å²) in [7, 11) is 0. The first kappa shape index (κ1) is 24.7. The van der Waals surface area contributed by atoms with Crippen LogP contribution in [-0.4, -0.2) is 64.4 Å².